The number of hydrogen-bond donors (Lipinski definition) is 0. The topological polar surface area (TPSA) is 43.4 Å². The molecule has 7 atom stereocenters. The predicted molar refractivity (Wildman–Crippen MR) is 104 cm³/mol. The van der Waals surface area contributed by atoms with Crippen LogP contribution in [-0.2, 0) is 18.9 Å². The van der Waals surface area contributed by atoms with Crippen LogP contribution in [0.1, 0.15) is 40.0 Å². The van der Waals surface area contributed by atoms with Gasteiger partial charge in [-0.15, -0.1) is 0 Å². The van der Waals surface area contributed by atoms with Crippen LogP contribution in [0.25, 0.3) is 0 Å². The molecule has 2 aliphatic rings. The second-order valence-electron chi connectivity index (χ2n) is 8.22. The minimum atomic E-state index is 0.202. The minimum Gasteiger partial charge on any atom is -0.380 e. The van der Waals surface area contributed by atoms with Gasteiger partial charge in [0, 0.05) is 46.0 Å². The summed E-state index contributed by atoms with van der Waals surface area (Å²) in [7, 11) is 7.89. The fourth-order valence-corrected chi connectivity index (χ4v) is 4.44. The Kier molecular flexibility index (Phi) is 8.77. The van der Waals surface area contributed by atoms with E-state index < -0.39 is 0 Å². The molecule has 6 heteroatoms. The van der Waals surface area contributed by atoms with E-state index in [2.05, 4.69) is 44.7 Å². The van der Waals surface area contributed by atoms with Crippen molar-refractivity contribution in [1.82, 2.24) is 9.80 Å². The van der Waals surface area contributed by atoms with Crippen LogP contribution in [0.2, 0.25) is 0 Å². The van der Waals surface area contributed by atoms with E-state index >= 15 is 0 Å². The van der Waals surface area contributed by atoms with Gasteiger partial charge < -0.3 is 18.9 Å². The Bertz CT molecular complexity index is 411. The summed E-state index contributed by atoms with van der Waals surface area (Å²) < 4.78 is 23.4. The van der Waals surface area contributed by atoms with E-state index in [4.69, 9.17) is 18.9 Å². The first kappa shape index (κ1) is 22.1. The molecule has 1 unspecified atom stereocenters. The highest BCUT2D eigenvalue weighted by molar-refractivity contribution is 4.89. The highest BCUT2D eigenvalue weighted by atomic mass is 16.5. The summed E-state index contributed by atoms with van der Waals surface area (Å²) in [6, 6.07) is 0.883. The quantitative estimate of drug-likeness (QED) is 0.584. The summed E-state index contributed by atoms with van der Waals surface area (Å²) in [6.07, 6.45) is 4.31. The summed E-state index contributed by atoms with van der Waals surface area (Å²) >= 11 is 0. The first-order chi connectivity index (χ1) is 12.3. The second-order valence-corrected chi connectivity index (χ2v) is 8.22. The Labute approximate surface area is 160 Å². The van der Waals surface area contributed by atoms with Crippen LogP contribution in [-0.4, -0.2) is 100 Å². The molecule has 2 saturated heterocycles. The molecule has 0 bridgehead atoms. The molecule has 2 aliphatic heterocycles. The highest BCUT2D eigenvalue weighted by Gasteiger charge is 2.35. The lowest BCUT2D eigenvalue weighted by atomic mass is 10.1. The van der Waals surface area contributed by atoms with Crippen molar-refractivity contribution in [2.75, 3.05) is 48.0 Å². The Morgan fingerprint density at radius 2 is 1.46 bits per heavy atom. The zero-order chi connectivity index (χ0) is 19.3. The molecule has 0 saturated carbocycles. The molecule has 0 spiro atoms. The van der Waals surface area contributed by atoms with E-state index in [0.29, 0.717) is 24.3 Å². The van der Waals surface area contributed by atoms with Gasteiger partial charge in [0.05, 0.1) is 30.5 Å². The van der Waals surface area contributed by atoms with Crippen LogP contribution < -0.4 is 0 Å². The third kappa shape index (κ3) is 5.88. The molecule has 0 N–H and O–H groups in total. The number of methoxy groups -OCH3 is 2. The average molecular weight is 373 g/mol. The minimum absolute atomic E-state index is 0.202. The molecular weight excluding hydrogens is 332 g/mol. The lowest BCUT2D eigenvalue weighted by Gasteiger charge is -2.28. The summed E-state index contributed by atoms with van der Waals surface area (Å²) in [5, 5.41) is 0. The van der Waals surface area contributed by atoms with Crippen molar-refractivity contribution in [2.24, 2.45) is 0 Å². The van der Waals surface area contributed by atoms with E-state index in [1.165, 1.54) is 0 Å². The van der Waals surface area contributed by atoms with Gasteiger partial charge in [-0.3, -0.25) is 9.80 Å². The summed E-state index contributed by atoms with van der Waals surface area (Å²) in [5.74, 6) is 0. The molecule has 154 valence electrons. The maximum atomic E-state index is 6.25. The lowest BCUT2D eigenvalue weighted by Crippen LogP contribution is -2.38. The normalized spacial score (nSPS) is 34.3. The van der Waals surface area contributed by atoms with Gasteiger partial charge in [0.2, 0.25) is 0 Å². The number of hydrogen-bond acceptors (Lipinski definition) is 6. The molecule has 6 nitrogen and oxygen atoms in total. The molecule has 0 amide bonds. The summed E-state index contributed by atoms with van der Waals surface area (Å²) in [4.78, 5) is 4.70. The molecule has 0 aromatic carbocycles. The number of ether oxygens (including phenoxy) is 4. The van der Waals surface area contributed by atoms with E-state index in [9.17, 15) is 0 Å². The summed E-state index contributed by atoms with van der Waals surface area (Å²) in [6.45, 7) is 9.19. The molecular formula is C20H40N2O4. The largest absolute Gasteiger partial charge is 0.380 e. The number of nitrogens with zero attached hydrogens (tertiary/aromatic N) is 2. The Hall–Kier alpha value is -0.240. The Balaban J connectivity index is 1.65. The van der Waals surface area contributed by atoms with E-state index in [1.54, 1.807) is 14.2 Å². The second kappa shape index (κ2) is 10.3. The zero-order valence-corrected chi connectivity index (χ0v) is 17.8. The van der Waals surface area contributed by atoms with Crippen LogP contribution in [0.15, 0.2) is 0 Å². The third-order valence-electron chi connectivity index (χ3n) is 6.24. The van der Waals surface area contributed by atoms with Gasteiger partial charge in [-0.1, -0.05) is 0 Å². The molecule has 0 aromatic heterocycles. The molecule has 0 aromatic rings. The predicted octanol–water partition coefficient (Wildman–Crippen LogP) is 2.01. The van der Waals surface area contributed by atoms with Crippen molar-refractivity contribution in [3.05, 3.63) is 0 Å². The van der Waals surface area contributed by atoms with Crippen LogP contribution in [0, 0.1) is 0 Å². The van der Waals surface area contributed by atoms with Crippen molar-refractivity contribution >= 4 is 0 Å². The van der Waals surface area contributed by atoms with Gasteiger partial charge >= 0.3 is 0 Å². The third-order valence-corrected chi connectivity index (χ3v) is 6.24. The first-order valence-corrected chi connectivity index (χ1v) is 10.1. The Morgan fingerprint density at radius 3 is 2.04 bits per heavy atom. The number of rotatable bonds is 10. The Morgan fingerprint density at radius 1 is 0.885 bits per heavy atom. The molecule has 26 heavy (non-hydrogen) atoms. The van der Waals surface area contributed by atoms with Crippen LogP contribution in [0.3, 0.4) is 0 Å². The lowest BCUT2D eigenvalue weighted by molar-refractivity contribution is -0.0477. The smallest absolute Gasteiger partial charge is 0.0717 e. The number of likely N-dealkylation sites (N-methyl/N-ethyl adjacent to an activating group) is 2. The summed E-state index contributed by atoms with van der Waals surface area (Å²) in [5.41, 5.74) is 0. The maximum Gasteiger partial charge on any atom is 0.0717 e. The molecule has 0 aliphatic carbocycles. The van der Waals surface area contributed by atoms with Crippen molar-refractivity contribution in [3.8, 4) is 0 Å². The standard InChI is InChI=1S/C20H40N2O4/c1-14(26-16(3)20-10-17(24-7)12-21(20)4)8-9-25-18-11-19(15(2)23-6)22(5)13-18/h14-20H,8-13H2,1-7H3/t14?,15-,16-,17-,18+,19-,20-/m0/s1. The fraction of sp³-hybridized carbons (Fsp3) is 1.00. The van der Waals surface area contributed by atoms with Gasteiger partial charge in [-0.05, 0) is 54.1 Å². The van der Waals surface area contributed by atoms with Crippen molar-refractivity contribution in [2.45, 2.75) is 82.6 Å². The maximum absolute atomic E-state index is 6.25. The van der Waals surface area contributed by atoms with Crippen molar-refractivity contribution in [3.63, 3.8) is 0 Å². The van der Waals surface area contributed by atoms with E-state index in [0.717, 1.165) is 39.0 Å². The molecule has 2 rings (SSSR count). The molecule has 2 heterocycles. The monoisotopic (exact) mass is 372 g/mol. The van der Waals surface area contributed by atoms with Crippen molar-refractivity contribution in [1.29, 1.82) is 0 Å². The zero-order valence-electron chi connectivity index (χ0n) is 17.8. The van der Waals surface area contributed by atoms with Gasteiger partial charge in [-0.2, -0.15) is 0 Å². The molecule has 2 fully saturated rings. The van der Waals surface area contributed by atoms with Gasteiger partial charge in [0.15, 0.2) is 0 Å². The SMILES string of the molecule is CO[C@H]1C[C@@H]([C@H](C)OC(C)CCO[C@@H]2C[C@@H]([C@H](C)OC)N(C)C2)N(C)C1. The van der Waals surface area contributed by atoms with Gasteiger partial charge in [-0.25, -0.2) is 0 Å². The van der Waals surface area contributed by atoms with E-state index in [-0.39, 0.29) is 18.3 Å². The van der Waals surface area contributed by atoms with Gasteiger partial charge in [0.1, 0.15) is 0 Å². The number of likely N-dealkylation sites (tertiary alicyclic amines) is 2. The first-order valence-electron chi connectivity index (χ1n) is 10.1. The highest BCUT2D eigenvalue weighted by Crippen LogP contribution is 2.25. The van der Waals surface area contributed by atoms with Crippen LogP contribution in [0.4, 0.5) is 0 Å². The molecule has 0 radical (unpaired) electrons. The fourth-order valence-electron chi connectivity index (χ4n) is 4.44. The van der Waals surface area contributed by atoms with Gasteiger partial charge in [0.25, 0.3) is 0 Å². The van der Waals surface area contributed by atoms with E-state index in [1.807, 2.05) is 0 Å². The van der Waals surface area contributed by atoms with Crippen LogP contribution in [0.5, 0.6) is 0 Å². The van der Waals surface area contributed by atoms with Crippen molar-refractivity contribution < 1.29 is 18.9 Å². The van der Waals surface area contributed by atoms with Crippen LogP contribution >= 0.6 is 0 Å². The average Bonchev–Trinajstić information content (AvgIpc) is 3.16.